The Bertz CT molecular complexity index is 501. The highest BCUT2D eigenvalue weighted by atomic mass is 35.5. The van der Waals surface area contributed by atoms with Gasteiger partial charge in [-0.1, -0.05) is 17.5 Å². The van der Waals surface area contributed by atoms with Gasteiger partial charge in [-0.25, -0.2) is 9.97 Å². The van der Waals surface area contributed by atoms with Crippen LogP contribution in [-0.4, -0.2) is 21.3 Å². The second-order valence-electron chi connectivity index (χ2n) is 4.33. The number of alkyl halides is 3. The minimum Gasteiger partial charge on any atom is -0.382 e. The number of aromatic nitrogens is 2. The summed E-state index contributed by atoms with van der Waals surface area (Å²) in [6, 6.07) is 0. The standard InChI is InChI=1S/C11H8ClF3N2O/c1-2-9(11(13,14)15)5-10(18,6-9)8-16-3-7(12)4-17-8/h1,3-4,18H,5-6H2. The summed E-state index contributed by atoms with van der Waals surface area (Å²) in [5, 5.41) is 10.3. The van der Waals surface area contributed by atoms with Gasteiger partial charge < -0.3 is 5.11 Å². The summed E-state index contributed by atoms with van der Waals surface area (Å²) in [7, 11) is 0. The molecule has 1 aliphatic rings. The van der Waals surface area contributed by atoms with Crippen molar-refractivity contribution in [3.05, 3.63) is 23.2 Å². The number of aliphatic hydroxyl groups is 1. The molecule has 96 valence electrons. The highest BCUT2D eigenvalue weighted by Gasteiger charge is 2.68. The van der Waals surface area contributed by atoms with Gasteiger partial charge in [-0.2, -0.15) is 13.2 Å². The van der Waals surface area contributed by atoms with Gasteiger partial charge in [0.25, 0.3) is 0 Å². The molecule has 3 nitrogen and oxygen atoms in total. The normalized spacial score (nSPS) is 31.6. The Labute approximate surface area is 106 Å². The van der Waals surface area contributed by atoms with E-state index < -0.39 is 30.0 Å². The van der Waals surface area contributed by atoms with Gasteiger partial charge in [0.1, 0.15) is 11.0 Å². The lowest BCUT2D eigenvalue weighted by atomic mass is 9.58. The lowest BCUT2D eigenvalue weighted by Gasteiger charge is -2.49. The van der Waals surface area contributed by atoms with Gasteiger partial charge in [0.15, 0.2) is 5.82 Å². The Balaban J connectivity index is 2.25. The van der Waals surface area contributed by atoms with Crippen molar-refractivity contribution in [3.63, 3.8) is 0 Å². The summed E-state index contributed by atoms with van der Waals surface area (Å²) in [6.07, 6.45) is 1.53. The van der Waals surface area contributed by atoms with Gasteiger partial charge in [-0.15, -0.1) is 6.42 Å². The second-order valence-corrected chi connectivity index (χ2v) is 4.77. The summed E-state index contributed by atoms with van der Waals surface area (Å²) in [5.41, 5.74) is -4.04. The molecule has 0 saturated heterocycles. The van der Waals surface area contributed by atoms with E-state index in [1.54, 1.807) is 5.92 Å². The van der Waals surface area contributed by atoms with Crippen molar-refractivity contribution in [3.8, 4) is 12.3 Å². The molecular weight excluding hydrogens is 269 g/mol. The molecule has 0 unspecified atom stereocenters. The van der Waals surface area contributed by atoms with Gasteiger partial charge in [0.05, 0.1) is 5.02 Å². The molecular formula is C11H8ClF3N2O. The fourth-order valence-electron chi connectivity index (χ4n) is 2.04. The van der Waals surface area contributed by atoms with Crippen molar-refractivity contribution >= 4 is 11.6 Å². The number of terminal acetylenes is 1. The van der Waals surface area contributed by atoms with Crippen LogP contribution in [0.25, 0.3) is 0 Å². The first kappa shape index (κ1) is 13.1. The summed E-state index contributed by atoms with van der Waals surface area (Å²) in [5.74, 6) is 1.63. The van der Waals surface area contributed by atoms with E-state index in [1.165, 1.54) is 12.4 Å². The molecule has 0 bridgehead atoms. The molecule has 1 fully saturated rings. The molecule has 7 heteroatoms. The van der Waals surface area contributed by atoms with Gasteiger partial charge in [0, 0.05) is 25.2 Å². The van der Waals surface area contributed by atoms with E-state index in [2.05, 4.69) is 9.97 Å². The molecule has 18 heavy (non-hydrogen) atoms. The summed E-state index contributed by atoms with van der Waals surface area (Å²) in [6.45, 7) is 0. The van der Waals surface area contributed by atoms with Crippen LogP contribution < -0.4 is 0 Å². The molecule has 0 atom stereocenters. The van der Waals surface area contributed by atoms with Gasteiger partial charge >= 0.3 is 6.18 Å². The first-order valence-electron chi connectivity index (χ1n) is 4.97. The van der Waals surface area contributed by atoms with Crippen LogP contribution in [0.4, 0.5) is 13.2 Å². The molecule has 1 aliphatic carbocycles. The molecule has 0 radical (unpaired) electrons. The van der Waals surface area contributed by atoms with Gasteiger partial charge in [-0.3, -0.25) is 0 Å². The van der Waals surface area contributed by atoms with Gasteiger partial charge in [-0.05, 0) is 0 Å². The molecule has 1 aromatic rings. The number of hydrogen-bond acceptors (Lipinski definition) is 3. The lowest BCUT2D eigenvalue weighted by Crippen LogP contribution is -2.57. The fraction of sp³-hybridized carbons (Fsp3) is 0.455. The predicted molar refractivity (Wildman–Crippen MR) is 57.5 cm³/mol. The quantitative estimate of drug-likeness (QED) is 0.801. The van der Waals surface area contributed by atoms with Crippen LogP contribution in [0.1, 0.15) is 18.7 Å². The molecule has 2 rings (SSSR count). The van der Waals surface area contributed by atoms with E-state index in [9.17, 15) is 18.3 Å². The van der Waals surface area contributed by atoms with Crippen molar-refractivity contribution < 1.29 is 18.3 Å². The number of hydrogen-bond donors (Lipinski definition) is 1. The Hall–Kier alpha value is -1.32. The second kappa shape index (κ2) is 3.84. The lowest BCUT2D eigenvalue weighted by molar-refractivity contribution is -0.277. The number of nitrogens with zero attached hydrogens (tertiary/aromatic N) is 2. The Kier molecular flexibility index (Phi) is 2.80. The van der Waals surface area contributed by atoms with Crippen LogP contribution in [0, 0.1) is 17.8 Å². The maximum absolute atomic E-state index is 12.8. The molecule has 1 saturated carbocycles. The van der Waals surface area contributed by atoms with Crippen LogP contribution in [0.2, 0.25) is 5.02 Å². The maximum atomic E-state index is 12.8. The average Bonchev–Trinajstić information content (AvgIpc) is 2.23. The Morgan fingerprint density at radius 1 is 1.33 bits per heavy atom. The van der Waals surface area contributed by atoms with E-state index in [0.717, 1.165) is 0 Å². The summed E-state index contributed by atoms with van der Waals surface area (Å²) >= 11 is 5.56. The third-order valence-electron chi connectivity index (χ3n) is 3.04. The van der Waals surface area contributed by atoms with Crippen molar-refractivity contribution in [2.45, 2.75) is 24.6 Å². The Morgan fingerprint density at radius 3 is 2.22 bits per heavy atom. The van der Waals surface area contributed by atoms with E-state index in [1.807, 2.05) is 0 Å². The zero-order chi connectivity index (χ0) is 13.6. The van der Waals surface area contributed by atoms with Crippen molar-refractivity contribution in [1.29, 1.82) is 0 Å². The van der Waals surface area contributed by atoms with Crippen LogP contribution in [0.15, 0.2) is 12.4 Å². The topological polar surface area (TPSA) is 46.0 Å². The molecule has 0 amide bonds. The van der Waals surface area contributed by atoms with E-state index in [4.69, 9.17) is 18.0 Å². The Morgan fingerprint density at radius 2 is 1.83 bits per heavy atom. The molecule has 0 aromatic carbocycles. The molecule has 1 N–H and O–H groups in total. The zero-order valence-electron chi connectivity index (χ0n) is 9.00. The molecule has 1 heterocycles. The summed E-state index contributed by atoms with van der Waals surface area (Å²) < 4.78 is 38.3. The highest BCUT2D eigenvalue weighted by Crippen LogP contribution is 2.60. The van der Waals surface area contributed by atoms with Crippen LogP contribution in [0.3, 0.4) is 0 Å². The molecule has 0 spiro atoms. The number of rotatable bonds is 1. The smallest absolute Gasteiger partial charge is 0.382 e. The van der Waals surface area contributed by atoms with Crippen LogP contribution in [0.5, 0.6) is 0 Å². The van der Waals surface area contributed by atoms with Crippen molar-refractivity contribution in [1.82, 2.24) is 9.97 Å². The first-order valence-corrected chi connectivity index (χ1v) is 5.35. The highest BCUT2D eigenvalue weighted by molar-refractivity contribution is 6.30. The first-order chi connectivity index (χ1) is 8.22. The maximum Gasteiger partial charge on any atom is 0.405 e. The van der Waals surface area contributed by atoms with Crippen molar-refractivity contribution in [2.75, 3.05) is 0 Å². The van der Waals surface area contributed by atoms with Gasteiger partial charge in [0.2, 0.25) is 0 Å². The minimum atomic E-state index is -4.56. The fourth-order valence-corrected chi connectivity index (χ4v) is 2.14. The monoisotopic (exact) mass is 276 g/mol. The SMILES string of the molecule is C#CC1(C(F)(F)F)CC(O)(c2ncc(Cl)cn2)C1. The van der Waals surface area contributed by atoms with Crippen molar-refractivity contribution in [2.24, 2.45) is 5.41 Å². The van der Waals surface area contributed by atoms with E-state index >= 15 is 0 Å². The van der Waals surface area contributed by atoms with E-state index in [0.29, 0.717) is 0 Å². The van der Waals surface area contributed by atoms with Crippen LogP contribution in [-0.2, 0) is 5.60 Å². The third-order valence-corrected chi connectivity index (χ3v) is 3.24. The third kappa shape index (κ3) is 1.84. The minimum absolute atomic E-state index is 0.0953. The van der Waals surface area contributed by atoms with E-state index in [-0.39, 0.29) is 10.8 Å². The molecule has 0 aliphatic heterocycles. The number of halogens is 4. The summed E-state index contributed by atoms with van der Waals surface area (Å²) in [4.78, 5) is 7.45. The van der Waals surface area contributed by atoms with Crippen LogP contribution >= 0.6 is 11.6 Å². The molecule has 1 aromatic heterocycles. The largest absolute Gasteiger partial charge is 0.405 e. The zero-order valence-corrected chi connectivity index (χ0v) is 9.76. The average molecular weight is 277 g/mol. The predicted octanol–water partition coefficient (Wildman–Crippen LogP) is 2.29.